The molecule has 0 bridgehead atoms. The highest BCUT2D eigenvalue weighted by Gasteiger charge is 2.37. The Hall–Kier alpha value is -1.92. The zero-order chi connectivity index (χ0) is 24.5. The monoisotopic (exact) mass is 516 g/mol. The van der Waals surface area contributed by atoms with Crippen molar-refractivity contribution in [3.8, 4) is 0 Å². The third-order valence-corrected chi connectivity index (χ3v) is 8.81. The van der Waals surface area contributed by atoms with Crippen LogP contribution in [-0.4, -0.2) is 66.0 Å². The topological polar surface area (TPSA) is 105 Å². The number of aliphatic hydroxyl groups is 1. The molecule has 0 amide bonds. The summed E-state index contributed by atoms with van der Waals surface area (Å²) in [7, 11) is -3.53. The highest BCUT2D eigenvalue weighted by atomic mass is 35.5. The van der Waals surface area contributed by atoms with Crippen molar-refractivity contribution in [2.45, 2.75) is 43.4 Å². The standard InChI is InChI=1S/C22H27ClF2N4O4S/c1-14(15-3-2-4-16(11-15)22(24,25)13-30)26-20-18-12-17(5-6-19(18)27-21(23)28-20)34(31,32)29-7-9-33-10-8-29/h2-4,11,14,17,30H,5-10,12-13H2,1H3,(H,26,27,28)/t14-,17?/m1/s1. The molecule has 2 atom stereocenters. The van der Waals surface area contributed by atoms with E-state index in [4.69, 9.17) is 21.4 Å². The number of morpholine rings is 1. The minimum Gasteiger partial charge on any atom is -0.390 e. The first-order valence-corrected chi connectivity index (χ1v) is 13.0. The second kappa shape index (κ2) is 9.98. The molecule has 2 heterocycles. The van der Waals surface area contributed by atoms with E-state index in [1.165, 1.54) is 22.5 Å². The summed E-state index contributed by atoms with van der Waals surface area (Å²) in [5, 5.41) is 11.6. The van der Waals surface area contributed by atoms with Crippen molar-refractivity contribution < 1.29 is 27.0 Å². The lowest BCUT2D eigenvalue weighted by atomic mass is 9.95. The van der Waals surface area contributed by atoms with E-state index >= 15 is 0 Å². The number of aromatic nitrogens is 2. The first kappa shape index (κ1) is 25.2. The van der Waals surface area contributed by atoms with Gasteiger partial charge in [-0.1, -0.05) is 18.2 Å². The van der Waals surface area contributed by atoms with E-state index in [-0.39, 0.29) is 17.3 Å². The maximum absolute atomic E-state index is 14.0. The number of benzene rings is 1. The number of ether oxygens (including phenoxy) is 1. The summed E-state index contributed by atoms with van der Waals surface area (Å²) < 4.78 is 61.1. The number of nitrogens with one attached hydrogen (secondary N) is 1. The maximum atomic E-state index is 14.0. The molecule has 1 aromatic heterocycles. The van der Waals surface area contributed by atoms with Gasteiger partial charge < -0.3 is 15.2 Å². The number of aliphatic hydroxyl groups excluding tert-OH is 1. The molecular weight excluding hydrogens is 490 g/mol. The van der Waals surface area contributed by atoms with Gasteiger partial charge in [-0.2, -0.15) is 13.1 Å². The van der Waals surface area contributed by atoms with Crippen molar-refractivity contribution in [3.63, 3.8) is 0 Å². The van der Waals surface area contributed by atoms with Gasteiger partial charge in [0, 0.05) is 30.3 Å². The molecule has 1 unspecified atom stereocenters. The van der Waals surface area contributed by atoms with Crippen LogP contribution in [-0.2, 0) is 33.5 Å². The van der Waals surface area contributed by atoms with Gasteiger partial charge in [-0.05, 0) is 49.4 Å². The molecule has 1 saturated heterocycles. The highest BCUT2D eigenvalue weighted by molar-refractivity contribution is 7.89. The number of nitrogens with zero attached hydrogens (tertiary/aromatic N) is 3. The van der Waals surface area contributed by atoms with Crippen LogP contribution in [0.1, 0.15) is 41.8 Å². The molecule has 2 N–H and O–H groups in total. The number of fused-ring (bicyclic) bond motifs is 1. The number of hydrogen-bond donors (Lipinski definition) is 2. The van der Waals surface area contributed by atoms with Crippen LogP contribution < -0.4 is 5.32 Å². The van der Waals surface area contributed by atoms with Gasteiger partial charge in [-0.15, -0.1) is 0 Å². The van der Waals surface area contributed by atoms with Gasteiger partial charge in [0.1, 0.15) is 12.4 Å². The van der Waals surface area contributed by atoms with Crippen LogP contribution in [0.15, 0.2) is 24.3 Å². The third-order valence-electron chi connectivity index (χ3n) is 6.31. The zero-order valence-corrected chi connectivity index (χ0v) is 20.2. The molecule has 0 spiro atoms. The Kier molecular flexibility index (Phi) is 7.39. The smallest absolute Gasteiger partial charge is 0.295 e. The summed E-state index contributed by atoms with van der Waals surface area (Å²) in [5.41, 5.74) is 1.62. The highest BCUT2D eigenvalue weighted by Crippen LogP contribution is 2.34. The zero-order valence-electron chi connectivity index (χ0n) is 18.7. The molecule has 1 aromatic carbocycles. The van der Waals surface area contributed by atoms with Crippen LogP contribution in [0.4, 0.5) is 14.6 Å². The van der Waals surface area contributed by atoms with Gasteiger partial charge in [0.05, 0.1) is 24.2 Å². The minimum atomic E-state index is -3.53. The number of sulfonamides is 1. The molecular formula is C22H27ClF2N4O4S. The Balaban J connectivity index is 1.59. The van der Waals surface area contributed by atoms with E-state index in [0.29, 0.717) is 61.8 Å². The molecule has 2 aromatic rings. The van der Waals surface area contributed by atoms with E-state index in [1.807, 2.05) is 0 Å². The third kappa shape index (κ3) is 5.18. The van der Waals surface area contributed by atoms with Crippen LogP contribution in [0.3, 0.4) is 0 Å². The lowest BCUT2D eigenvalue weighted by Gasteiger charge is -2.33. The lowest BCUT2D eigenvalue weighted by molar-refractivity contribution is -0.0556. The van der Waals surface area contributed by atoms with Crippen molar-refractivity contribution in [1.82, 2.24) is 14.3 Å². The summed E-state index contributed by atoms with van der Waals surface area (Å²) in [6.45, 7) is 1.91. The van der Waals surface area contributed by atoms with Crippen molar-refractivity contribution in [1.29, 1.82) is 0 Å². The molecule has 34 heavy (non-hydrogen) atoms. The Labute approximate surface area is 202 Å². The van der Waals surface area contributed by atoms with Crippen molar-refractivity contribution >= 4 is 27.4 Å². The molecule has 4 rings (SSSR count). The molecule has 1 aliphatic heterocycles. The average molecular weight is 517 g/mol. The van der Waals surface area contributed by atoms with Gasteiger partial charge in [-0.25, -0.2) is 18.4 Å². The molecule has 0 saturated carbocycles. The van der Waals surface area contributed by atoms with Gasteiger partial charge in [-0.3, -0.25) is 0 Å². The van der Waals surface area contributed by atoms with Gasteiger partial charge >= 0.3 is 0 Å². The maximum Gasteiger partial charge on any atom is 0.295 e. The van der Waals surface area contributed by atoms with E-state index in [0.717, 1.165) is 0 Å². The summed E-state index contributed by atoms with van der Waals surface area (Å²) in [6.07, 6.45) is 1.09. The first-order chi connectivity index (χ1) is 16.1. The second-order valence-corrected chi connectivity index (χ2v) is 11.1. The van der Waals surface area contributed by atoms with Crippen LogP contribution >= 0.6 is 11.6 Å². The Morgan fingerprint density at radius 2 is 2.06 bits per heavy atom. The van der Waals surface area contributed by atoms with E-state index in [1.54, 1.807) is 13.0 Å². The largest absolute Gasteiger partial charge is 0.390 e. The first-order valence-electron chi connectivity index (χ1n) is 11.1. The molecule has 8 nitrogen and oxygen atoms in total. The van der Waals surface area contributed by atoms with E-state index < -0.39 is 33.8 Å². The molecule has 0 radical (unpaired) electrons. The second-order valence-electron chi connectivity index (χ2n) is 8.54. The number of hydrogen-bond acceptors (Lipinski definition) is 7. The van der Waals surface area contributed by atoms with Crippen LogP contribution in [0, 0.1) is 0 Å². The average Bonchev–Trinajstić information content (AvgIpc) is 2.84. The fraction of sp³-hybridized carbons (Fsp3) is 0.545. The summed E-state index contributed by atoms with van der Waals surface area (Å²) in [6, 6.07) is 5.34. The fourth-order valence-electron chi connectivity index (χ4n) is 4.35. The molecule has 186 valence electrons. The quantitative estimate of drug-likeness (QED) is 0.545. The minimum absolute atomic E-state index is 0.0310. The van der Waals surface area contributed by atoms with Gasteiger partial charge in [0.2, 0.25) is 15.3 Å². The van der Waals surface area contributed by atoms with E-state index in [2.05, 4.69) is 15.3 Å². The number of aryl methyl sites for hydroxylation is 1. The van der Waals surface area contributed by atoms with Crippen molar-refractivity contribution in [2.24, 2.45) is 0 Å². The van der Waals surface area contributed by atoms with Crippen molar-refractivity contribution in [3.05, 3.63) is 51.9 Å². The fourth-order valence-corrected chi connectivity index (χ4v) is 6.41. The summed E-state index contributed by atoms with van der Waals surface area (Å²) in [5.74, 6) is -2.96. The van der Waals surface area contributed by atoms with Crippen LogP contribution in [0.25, 0.3) is 0 Å². The number of halogens is 3. The SMILES string of the molecule is C[C@@H](Nc1nc(Cl)nc2c1CC(S(=O)(=O)N1CCOCC1)CC2)c1cccc(C(F)(F)CO)c1. The van der Waals surface area contributed by atoms with Crippen molar-refractivity contribution in [2.75, 3.05) is 38.2 Å². The normalized spacial score (nSPS) is 20.6. The number of alkyl halides is 2. The summed E-state index contributed by atoms with van der Waals surface area (Å²) >= 11 is 6.13. The van der Waals surface area contributed by atoms with Gasteiger partial charge in [0.15, 0.2) is 0 Å². The summed E-state index contributed by atoms with van der Waals surface area (Å²) in [4.78, 5) is 8.59. The molecule has 1 fully saturated rings. The Bertz CT molecular complexity index is 1150. The molecule has 12 heteroatoms. The Morgan fingerprint density at radius 3 is 2.76 bits per heavy atom. The Morgan fingerprint density at radius 1 is 1.32 bits per heavy atom. The lowest BCUT2D eigenvalue weighted by Crippen LogP contribution is -2.46. The molecule has 1 aliphatic carbocycles. The van der Waals surface area contributed by atoms with Gasteiger partial charge in [0.25, 0.3) is 5.92 Å². The molecule has 2 aliphatic rings. The van der Waals surface area contributed by atoms with E-state index in [9.17, 15) is 17.2 Å². The van der Waals surface area contributed by atoms with Crippen LogP contribution in [0.2, 0.25) is 5.28 Å². The number of anilines is 1. The predicted octanol–water partition coefficient (Wildman–Crippen LogP) is 2.91. The predicted molar refractivity (Wildman–Crippen MR) is 124 cm³/mol. The number of rotatable bonds is 7. The van der Waals surface area contributed by atoms with Crippen LogP contribution in [0.5, 0.6) is 0 Å².